The largest absolute Gasteiger partial charge is 0.480 e. The maximum Gasteiger partial charge on any atom is 0.323 e. The van der Waals surface area contributed by atoms with E-state index in [-0.39, 0.29) is 0 Å². The van der Waals surface area contributed by atoms with Crippen molar-refractivity contribution < 1.29 is 19.5 Å². The number of aliphatic carboxylic acids is 1. The highest BCUT2D eigenvalue weighted by Crippen LogP contribution is 2.07. The summed E-state index contributed by atoms with van der Waals surface area (Å²) < 4.78 is 0. The van der Waals surface area contributed by atoms with E-state index in [1.165, 1.54) is 0 Å². The van der Waals surface area contributed by atoms with Crippen molar-refractivity contribution in [3.05, 3.63) is 0 Å². The normalized spacial score (nSPS) is 10.8. The average Bonchev–Trinajstić information content (AvgIpc) is 2.14. The zero-order valence-electron chi connectivity index (χ0n) is 10.3. The van der Waals surface area contributed by atoms with Crippen LogP contribution in [0.5, 0.6) is 0 Å². The number of rotatable bonds is 6. The minimum absolute atomic E-state index is 0.419. The molecule has 0 aliphatic heterocycles. The third-order valence-electron chi connectivity index (χ3n) is 2.29. The molecule has 0 fully saturated rings. The average molecular weight is 245 g/mol. The first-order chi connectivity index (χ1) is 7.68. The molecule has 0 saturated heterocycles. The Morgan fingerprint density at radius 1 is 1.29 bits per heavy atom. The highest BCUT2D eigenvalue weighted by atomic mass is 16.4. The second-order valence-corrected chi connectivity index (χ2v) is 4.38. The topological polar surface area (TPSA) is 113 Å². The van der Waals surface area contributed by atoms with Gasteiger partial charge in [-0.05, 0) is 20.3 Å². The standard InChI is InChI=1S/C10H19N3O4/c1-4-10(2,3)12-9(17)13(5-7(11)14)6-8(15)16/h4-6H2,1-3H3,(H2,11,14)(H,12,17)(H,15,16). The van der Waals surface area contributed by atoms with Crippen LogP contribution in [-0.4, -0.2) is 46.5 Å². The van der Waals surface area contributed by atoms with Crippen LogP contribution in [0.3, 0.4) is 0 Å². The van der Waals surface area contributed by atoms with Gasteiger partial charge in [-0.25, -0.2) is 4.79 Å². The first-order valence-electron chi connectivity index (χ1n) is 5.25. The zero-order chi connectivity index (χ0) is 13.6. The lowest BCUT2D eigenvalue weighted by atomic mass is 10.0. The van der Waals surface area contributed by atoms with Gasteiger partial charge in [0.1, 0.15) is 13.1 Å². The van der Waals surface area contributed by atoms with Crippen LogP contribution in [0.1, 0.15) is 27.2 Å². The first kappa shape index (κ1) is 15.2. The number of nitrogens with zero attached hydrogens (tertiary/aromatic N) is 1. The summed E-state index contributed by atoms with van der Waals surface area (Å²) in [7, 11) is 0. The molecule has 7 nitrogen and oxygen atoms in total. The third-order valence-corrected chi connectivity index (χ3v) is 2.29. The second-order valence-electron chi connectivity index (χ2n) is 4.38. The van der Waals surface area contributed by atoms with Gasteiger partial charge < -0.3 is 21.1 Å². The monoisotopic (exact) mass is 245 g/mol. The van der Waals surface area contributed by atoms with Crippen molar-refractivity contribution in [2.75, 3.05) is 13.1 Å². The third kappa shape index (κ3) is 6.39. The fourth-order valence-electron chi connectivity index (χ4n) is 1.01. The number of nitrogens with one attached hydrogen (secondary N) is 1. The molecule has 0 rings (SSSR count). The highest BCUT2D eigenvalue weighted by Gasteiger charge is 2.24. The molecule has 17 heavy (non-hydrogen) atoms. The van der Waals surface area contributed by atoms with Gasteiger partial charge in [-0.1, -0.05) is 6.92 Å². The Morgan fingerprint density at radius 2 is 1.82 bits per heavy atom. The van der Waals surface area contributed by atoms with E-state index in [4.69, 9.17) is 10.8 Å². The van der Waals surface area contributed by atoms with E-state index in [1.807, 2.05) is 6.92 Å². The summed E-state index contributed by atoms with van der Waals surface area (Å²) in [5.41, 5.74) is 4.48. The fourth-order valence-corrected chi connectivity index (χ4v) is 1.01. The molecule has 0 saturated carbocycles. The molecule has 0 aliphatic rings. The molecule has 0 aromatic carbocycles. The van der Waals surface area contributed by atoms with E-state index >= 15 is 0 Å². The summed E-state index contributed by atoms with van der Waals surface area (Å²) in [6, 6.07) is -0.613. The van der Waals surface area contributed by atoms with Gasteiger partial charge in [-0.15, -0.1) is 0 Å². The maximum absolute atomic E-state index is 11.7. The number of nitrogens with two attached hydrogens (primary N) is 1. The van der Waals surface area contributed by atoms with Gasteiger partial charge in [0.05, 0.1) is 0 Å². The summed E-state index contributed by atoms with van der Waals surface area (Å²) in [5, 5.41) is 11.3. The molecule has 0 spiro atoms. The molecule has 0 bridgehead atoms. The molecule has 0 radical (unpaired) electrons. The molecular weight excluding hydrogens is 226 g/mol. The van der Waals surface area contributed by atoms with E-state index in [0.717, 1.165) is 4.90 Å². The molecule has 7 heteroatoms. The Kier molecular flexibility index (Phi) is 5.43. The smallest absolute Gasteiger partial charge is 0.323 e. The van der Waals surface area contributed by atoms with Gasteiger partial charge >= 0.3 is 12.0 Å². The van der Waals surface area contributed by atoms with Crippen molar-refractivity contribution in [1.82, 2.24) is 10.2 Å². The quantitative estimate of drug-likeness (QED) is 0.599. The minimum Gasteiger partial charge on any atom is -0.480 e. The predicted octanol–water partition coefficient (Wildman–Crippen LogP) is -0.243. The van der Waals surface area contributed by atoms with Crippen LogP contribution < -0.4 is 11.1 Å². The number of urea groups is 1. The zero-order valence-corrected chi connectivity index (χ0v) is 10.3. The van der Waals surface area contributed by atoms with Crippen molar-refractivity contribution >= 4 is 17.9 Å². The van der Waals surface area contributed by atoms with Crippen molar-refractivity contribution in [3.63, 3.8) is 0 Å². The Balaban J connectivity index is 4.63. The maximum atomic E-state index is 11.7. The number of hydrogen-bond acceptors (Lipinski definition) is 3. The van der Waals surface area contributed by atoms with Gasteiger partial charge in [0, 0.05) is 5.54 Å². The summed E-state index contributed by atoms with van der Waals surface area (Å²) in [4.78, 5) is 33.9. The molecule has 0 atom stereocenters. The Bertz CT molecular complexity index is 299. The molecule has 0 unspecified atom stereocenters. The van der Waals surface area contributed by atoms with Gasteiger partial charge in [-0.2, -0.15) is 0 Å². The SMILES string of the molecule is CCC(C)(C)NC(=O)N(CC(N)=O)CC(=O)O. The number of carbonyl (C=O) groups excluding carboxylic acids is 2. The summed E-state index contributed by atoms with van der Waals surface area (Å²) in [5.74, 6) is -1.95. The molecule has 0 aliphatic carbocycles. The first-order valence-corrected chi connectivity index (χ1v) is 5.25. The van der Waals surface area contributed by atoms with Gasteiger partial charge in [0.15, 0.2) is 0 Å². The molecular formula is C10H19N3O4. The molecule has 0 aromatic rings. The van der Waals surface area contributed by atoms with E-state index in [1.54, 1.807) is 13.8 Å². The van der Waals surface area contributed by atoms with E-state index in [2.05, 4.69) is 5.32 Å². The van der Waals surface area contributed by atoms with E-state index in [9.17, 15) is 14.4 Å². The van der Waals surface area contributed by atoms with Crippen molar-refractivity contribution in [3.8, 4) is 0 Å². The van der Waals surface area contributed by atoms with Crippen LogP contribution in [-0.2, 0) is 9.59 Å². The predicted molar refractivity (Wildman–Crippen MR) is 61.3 cm³/mol. The van der Waals surface area contributed by atoms with E-state index in [0.29, 0.717) is 6.42 Å². The number of carbonyl (C=O) groups is 3. The van der Waals surface area contributed by atoms with Crippen LogP contribution in [0, 0.1) is 0 Å². The summed E-state index contributed by atoms with van der Waals surface area (Å²) in [6.45, 7) is 4.50. The van der Waals surface area contributed by atoms with Crippen molar-refractivity contribution in [2.45, 2.75) is 32.7 Å². The Morgan fingerprint density at radius 3 is 2.18 bits per heavy atom. The molecule has 0 aromatic heterocycles. The van der Waals surface area contributed by atoms with Crippen LogP contribution in [0.25, 0.3) is 0 Å². The number of primary amides is 1. The Hall–Kier alpha value is -1.79. The molecule has 3 amide bonds. The number of hydrogen-bond donors (Lipinski definition) is 3. The van der Waals surface area contributed by atoms with Crippen LogP contribution in [0.15, 0.2) is 0 Å². The number of amides is 3. The minimum atomic E-state index is -1.20. The van der Waals surface area contributed by atoms with Crippen LogP contribution in [0.2, 0.25) is 0 Å². The van der Waals surface area contributed by atoms with Crippen molar-refractivity contribution in [2.24, 2.45) is 5.73 Å². The number of carboxylic acid groups (broad SMARTS) is 1. The van der Waals surface area contributed by atoms with Crippen LogP contribution >= 0.6 is 0 Å². The van der Waals surface area contributed by atoms with Crippen LogP contribution in [0.4, 0.5) is 4.79 Å². The van der Waals surface area contributed by atoms with E-state index < -0.39 is 36.5 Å². The highest BCUT2D eigenvalue weighted by molar-refractivity contribution is 5.86. The summed E-state index contributed by atoms with van der Waals surface area (Å²) >= 11 is 0. The molecule has 0 heterocycles. The lowest BCUT2D eigenvalue weighted by molar-refractivity contribution is -0.137. The molecule has 4 N–H and O–H groups in total. The van der Waals surface area contributed by atoms with Crippen molar-refractivity contribution in [1.29, 1.82) is 0 Å². The molecule has 98 valence electrons. The fraction of sp³-hybridized carbons (Fsp3) is 0.700. The van der Waals surface area contributed by atoms with Gasteiger partial charge in [0.2, 0.25) is 5.91 Å². The van der Waals surface area contributed by atoms with Gasteiger partial charge in [-0.3, -0.25) is 9.59 Å². The lowest BCUT2D eigenvalue weighted by Crippen LogP contribution is -2.52. The summed E-state index contributed by atoms with van der Waals surface area (Å²) in [6.07, 6.45) is 0.677. The Labute approximate surface area is 100.0 Å². The van der Waals surface area contributed by atoms with Gasteiger partial charge in [0.25, 0.3) is 0 Å². The second kappa shape index (κ2) is 6.07. The lowest BCUT2D eigenvalue weighted by Gasteiger charge is -2.28. The number of carboxylic acids is 1.